The number of nitrogens with one attached hydrogen (secondary N) is 1. The third-order valence-electron chi connectivity index (χ3n) is 4.02. The van der Waals surface area contributed by atoms with Gasteiger partial charge in [-0.15, -0.1) is 0 Å². The van der Waals surface area contributed by atoms with E-state index in [1.54, 1.807) is 0 Å². The number of pyridine rings is 1. The second-order valence-corrected chi connectivity index (χ2v) is 5.38. The summed E-state index contributed by atoms with van der Waals surface area (Å²) in [5.74, 6) is -0.137. The minimum Gasteiger partial charge on any atom is -0.478 e. The Bertz CT molecular complexity index is 637. The Morgan fingerprint density at radius 2 is 2.40 bits per heavy atom. The normalized spacial score (nSPS) is 20.4. The lowest BCUT2D eigenvalue weighted by molar-refractivity contribution is 0.0698. The molecule has 1 unspecified atom stereocenters. The van der Waals surface area contributed by atoms with Gasteiger partial charge in [0.25, 0.3) is 0 Å². The number of hydrogen-bond acceptors (Lipinski definition) is 4. The molecule has 2 aromatic heterocycles. The van der Waals surface area contributed by atoms with Crippen LogP contribution in [0.1, 0.15) is 35.4 Å². The number of H-pyrrole nitrogens is 1. The van der Waals surface area contributed by atoms with Crippen LogP contribution in [0.3, 0.4) is 0 Å². The van der Waals surface area contributed by atoms with E-state index in [0.29, 0.717) is 17.2 Å². The van der Waals surface area contributed by atoms with E-state index in [0.717, 1.165) is 25.2 Å². The number of hydrogen-bond donors (Lipinski definition) is 2. The van der Waals surface area contributed by atoms with Crippen molar-refractivity contribution in [1.29, 1.82) is 0 Å². The number of aromatic nitrogens is 3. The summed E-state index contributed by atoms with van der Waals surface area (Å²) in [4.78, 5) is 25.2. The minimum absolute atomic E-state index is 0.228. The molecule has 0 amide bonds. The highest BCUT2D eigenvalue weighted by Crippen LogP contribution is 2.20. The SMILES string of the molecule is CN1CCCCC1Cc1nc2nccc(C(=O)O)c2[nH]1. The van der Waals surface area contributed by atoms with Gasteiger partial charge in [0.1, 0.15) is 5.82 Å². The molecule has 1 aliphatic heterocycles. The van der Waals surface area contributed by atoms with E-state index in [9.17, 15) is 9.90 Å². The third kappa shape index (κ3) is 2.38. The van der Waals surface area contributed by atoms with Gasteiger partial charge in [0.2, 0.25) is 0 Å². The molecular weight excluding hydrogens is 256 g/mol. The van der Waals surface area contributed by atoms with Crippen LogP contribution in [-0.4, -0.2) is 50.6 Å². The molecule has 2 aromatic rings. The average Bonchev–Trinajstić information content (AvgIpc) is 2.83. The van der Waals surface area contributed by atoms with Crippen molar-refractivity contribution < 1.29 is 9.90 Å². The maximum atomic E-state index is 11.2. The molecule has 0 bridgehead atoms. The summed E-state index contributed by atoms with van der Waals surface area (Å²) >= 11 is 0. The topological polar surface area (TPSA) is 82.1 Å². The molecular formula is C14H18N4O2. The number of rotatable bonds is 3. The van der Waals surface area contributed by atoms with Gasteiger partial charge in [-0.25, -0.2) is 14.8 Å². The van der Waals surface area contributed by atoms with E-state index in [-0.39, 0.29) is 5.56 Å². The fourth-order valence-corrected chi connectivity index (χ4v) is 2.86. The standard InChI is InChI=1S/C14H18N4O2/c1-18-7-3-2-4-9(18)8-11-16-12-10(14(19)20)5-6-15-13(12)17-11/h5-6,9H,2-4,7-8H2,1H3,(H,19,20)(H,15,16,17). The van der Waals surface area contributed by atoms with E-state index in [1.807, 2.05) is 0 Å². The summed E-state index contributed by atoms with van der Waals surface area (Å²) in [6.07, 6.45) is 5.95. The number of likely N-dealkylation sites (tertiary alicyclic amines) is 1. The number of carboxylic acids is 1. The van der Waals surface area contributed by atoms with Crippen molar-refractivity contribution in [3.8, 4) is 0 Å². The second kappa shape index (κ2) is 5.20. The van der Waals surface area contributed by atoms with Crippen molar-refractivity contribution in [2.24, 2.45) is 0 Å². The van der Waals surface area contributed by atoms with Crippen molar-refractivity contribution >= 4 is 17.1 Å². The Labute approximate surface area is 116 Å². The van der Waals surface area contributed by atoms with Crippen LogP contribution >= 0.6 is 0 Å². The molecule has 0 radical (unpaired) electrons. The first-order valence-corrected chi connectivity index (χ1v) is 6.92. The molecule has 0 aliphatic carbocycles. The molecule has 1 saturated heterocycles. The van der Waals surface area contributed by atoms with Gasteiger partial charge in [-0.3, -0.25) is 0 Å². The molecule has 20 heavy (non-hydrogen) atoms. The zero-order chi connectivity index (χ0) is 14.1. The van der Waals surface area contributed by atoms with E-state index in [2.05, 4.69) is 26.9 Å². The zero-order valence-electron chi connectivity index (χ0n) is 11.5. The number of piperidine rings is 1. The summed E-state index contributed by atoms with van der Waals surface area (Å²) in [5, 5.41) is 9.17. The Morgan fingerprint density at radius 3 is 3.15 bits per heavy atom. The molecule has 1 fully saturated rings. The van der Waals surface area contributed by atoms with Crippen LogP contribution in [-0.2, 0) is 6.42 Å². The summed E-state index contributed by atoms with van der Waals surface area (Å²) in [6.45, 7) is 1.11. The van der Waals surface area contributed by atoms with Crippen molar-refractivity contribution in [2.75, 3.05) is 13.6 Å². The molecule has 6 nitrogen and oxygen atoms in total. The van der Waals surface area contributed by atoms with Crippen LogP contribution < -0.4 is 0 Å². The highest BCUT2D eigenvalue weighted by atomic mass is 16.4. The lowest BCUT2D eigenvalue weighted by Gasteiger charge is -2.31. The van der Waals surface area contributed by atoms with Crippen molar-refractivity contribution in [3.63, 3.8) is 0 Å². The second-order valence-electron chi connectivity index (χ2n) is 5.38. The summed E-state index contributed by atoms with van der Waals surface area (Å²) < 4.78 is 0. The van der Waals surface area contributed by atoms with Crippen molar-refractivity contribution in [1.82, 2.24) is 19.9 Å². The lowest BCUT2D eigenvalue weighted by atomic mass is 10.00. The number of likely N-dealkylation sites (N-methyl/N-ethyl adjacent to an activating group) is 1. The van der Waals surface area contributed by atoms with Crippen LogP contribution in [0.25, 0.3) is 11.2 Å². The average molecular weight is 274 g/mol. The van der Waals surface area contributed by atoms with Crippen molar-refractivity contribution in [3.05, 3.63) is 23.7 Å². The molecule has 3 rings (SSSR count). The summed E-state index contributed by atoms with van der Waals surface area (Å²) in [6, 6.07) is 1.97. The van der Waals surface area contributed by atoms with Gasteiger partial charge < -0.3 is 15.0 Å². The van der Waals surface area contributed by atoms with E-state index in [1.165, 1.54) is 25.1 Å². The molecule has 3 heterocycles. The van der Waals surface area contributed by atoms with E-state index < -0.39 is 5.97 Å². The van der Waals surface area contributed by atoms with Crippen LogP contribution in [0.5, 0.6) is 0 Å². The molecule has 1 aliphatic rings. The number of carboxylic acid groups (broad SMARTS) is 1. The fourth-order valence-electron chi connectivity index (χ4n) is 2.86. The van der Waals surface area contributed by atoms with E-state index >= 15 is 0 Å². The summed E-state index contributed by atoms with van der Waals surface area (Å²) in [7, 11) is 2.13. The van der Waals surface area contributed by atoms with Gasteiger partial charge in [0, 0.05) is 18.7 Å². The van der Waals surface area contributed by atoms with Crippen LogP contribution in [0.2, 0.25) is 0 Å². The lowest BCUT2D eigenvalue weighted by Crippen LogP contribution is -2.37. The fraction of sp³-hybridized carbons (Fsp3) is 0.500. The molecule has 2 N–H and O–H groups in total. The number of nitrogens with zero attached hydrogens (tertiary/aromatic N) is 3. The predicted molar refractivity (Wildman–Crippen MR) is 74.8 cm³/mol. The maximum absolute atomic E-state index is 11.2. The number of aromatic carboxylic acids is 1. The van der Waals surface area contributed by atoms with Gasteiger partial charge in [-0.05, 0) is 32.5 Å². The largest absolute Gasteiger partial charge is 0.478 e. The zero-order valence-corrected chi connectivity index (χ0v) is 11.5. The molecule has 106 valence electrons. The Balaban J connectivity index is 1.89. The predicted octanol–water partition coefficient (Wildman–Crippen LogP) is 1.68. The van der Waals surface area contributed by atoms with Crippen LogP contribution in [0.15, 0.2) is 12.3 Å². The van der Waals surface area contributed by atoms with Gasteiger partial charge in [0.05, 0.1) is 11.1 Å². The molecule has 0 aromatic carbocycles. The van der Waals surface area contributed by atoms with Crippen LogP contribution in [0, 0.1) is 0 Å². The van der Waals surface area contributed by atoms with Gasteiger partial charge >= 0.3 is 5.97 Å². The quantitative estimate of drug-likeness (QED) is 0.890. The van der Waals surface area contributed by atoms with Gasteiger partial charge in [-0.2, -0.15) is 0 Å². The van der Waals surface area contributed by atoms with Crippen molar-refractivity contribution in [2.45, 2.75) is 31.7 Å². The number of fused-ring (bicyclic) bond motifs is 1. The highest BCUT2D eigenvalue weighted by Gasteiger charge is 2.21. The first-order valence-electron chi connectivity index (χ1n) is 6.92. The number of imidazole rings is 1. The van der Waals surface area contributed by atoms with E-state index in [4.69, 9.17) is 0 Å². The van der Waals surface area contributed by atoms with Gasteiger partial charge in [-0.1, -0.05) is 6.42 Å². The molecule has 0 saturated carbocycles. The Hall–Kier alpha value is -1.95. The molecule has 0 spiro atoms. The summed E-state index contributed by atoms with van der Waals surface area (Å²) in [5.41, 5.74) is 1.23. The first kappa shape index (κ1) is 13.1. The monoisotopic (exact) mass is 274 g/mol. The molecule has 6 heteroatoms. The smallest absolute Gasteiger partial charge is 0.338 e. The number of carbonyl (C=O) groups is 1. The number of aromatic amines is 1. The Morgan fingerprint density at radius 1 is 1.55 bits per heavy atom. The maximum Gasteiger partial charge on any atom is 0.338 e. The Kier molecular flexibility index (Phi) is 3.40. The van der Waals surface area contributed by atoms with Gasteiger partial charge in [0.15, 0.2) is 5.65 Å². The highest BCUT2D eigenvalue weighted by molar-refractivity contribution is 5.99. The first-order chi connectivity index (χ1) is 9.65. The molecule has 1 atom stereocenters. The third-order valence-corrected chi connectivity index (χ3v) is 4.02. The van der Waals surface area contributed by atoms with Crippen LogP contribution in [0.4, 0.5) is 0 Å². The minimum atomic E-state index is -0.956.